The van der Waals surface area contributed by atoms with Crippen molar-refractivity contribution >= 4 is 5.91 Å². The van der Waals surface area contributed by atoms with Crippen LogP contribution in [0.4, 0.5) is 0 Å². The van der Waals surface area contributed by atoms with Crippen LogP contribution >= 0.6 is 0 Å². The summed E-state index contributed by atoms with van der Waals surface area (Å²) >= 11 is 0. The number of rotatable bonds is 5. The molecule has 1 atom stereocenters. The van der Waals surface area contributed by atoms with Crippen molar-refractivity contribution in [1.29, 1.82) is 0 Å². The predicted octanol–water partition coefficient (Wildman–Crippen LogP) is 2.94. The lowest BCUT2D eigenvalue weighted by atomic mass is 10.1. The molecule has 0 saturated heterocycles. The molecule has 4 rings (SSSR count). The molecule has 2 aromatic heterocycles. The van der Waals surface area contributed by atoms with E-state index >= 15 is 0 Å². The van der Waals surface area contributed by atoms with Crippen LogP contribution in [0.2, 0.25) is 0 Å². The van der Waals surface area contributed by atoms with Gasteiger partial charge in [0.25, 0.3) is 5.91 Å². The number of amides is 1. The standard InChI is InChI=1S/C20H18N6O/c1-15(16-7-9-17(10-8-16)26-14-21-13-23-26)24-20(27)18-5-2-3-6-19(18)25-12-4-11-22-25/h2-15H,1H3,(H,24,27). The van der Waals surface area contributed by atoms with E-state index < -0.39 is 0 Å². The van der Waals surface area contributed by atoms with Gasteiger partial charge in [0.05, 0.1) is 23.0 Å². The Hall–Kier alpha value is -3.74. The van der Waals surface area contributed by atoms with Gasteiger partial charge in [0.2, 0.25) is 0 Å². The predicted molar refractivity (Wildman–Crippen MR) is 101 cm³/mol. The lowest BCUT2D eigenvalue weighted by Gasteiger charge is -2.16. The van der Waals surface area contributed by atoms with Crippen LogP contribution < -0.4 is 5.32 Å². The van der Waals surface area contributed by atoms with E-state index in [1.54, 1.807) is 28.0 Å². The molecule has 0 aliphatic heterocycles. The van der Waals surface area contributed by atoms with E-state index in [0.29, 0.717) is 5.56 Å². The van der Waals surface area contributed by atoms with Crippen LogP contribution in [0.1, 0.15) is 28.9 Å². The van der Waals surface area contributed by atoms with Crippen LogP contribution in [0.15, 0.2) is 79.6 Å². The largest absolute Gasteiger partial charge is 0.345 e. The van der Waals surface area contributed by atoms with Gasteiger partial charge in [-0.2, -0.15) is 10.2 Å². The number of nitrogens with zero attached hydrogens (tertiary/aromatic N) is 5. The average molecular weight is 358 g/mol. The van der Waals surface area contributed by atoms with Crippen LogP contribution in [-0.2, 0) is 0 Å². The second-order valence-electron chi connectivity index (χ2n) is 6.09. The maximum Gasteiger partial charge on any atom is 0.253 e. The van der Waals surface area contributed by atoms with E-state index in [1.165, 1.54) is 6.33 Å². The Bertz CT molecular complexity index is 1020. The van der Waals surface area contributed by atoms with Gasteiger partial charge in [-0.05, 0) is 42.8 Å². The van der Waals surface area contributed by atoms with Gasteiger partial charge in [0.1, 0.15) is 12.7 Å². The van der Waals surface area contributed by atoms with E-state index in [1.807, 2.05) is 61.7 Å². The van der Waals surface area contributed by atoms with Gasteiger partial charge < -0.3 is 5.32 Å². The fraction of sp³-hybridized carbons (Fsp3) is 0.100. The topological polar surface area (TPSA) is 77.6 Å². The Morgan fingerprint density at radius 1 is 1.00 bits per heavy atom. The Balaban J connectivity index is 1.52. The van der Waals surface area contributed by atoms with E-state index in [2.05, 4.69) is 20.5 Å². The maximum absolute atomic E-state index is 12.8. The van der Waals surface area contributed by atoms with Crippen molar-refractivity contribution in [2.75, 3.05) is 0 Å². The highest BCUT2D eigenvalue weighted by atomic mass is 16.1. The summed E-state index contributed by atoms with van der Waals surface area (Å²) in [5.74, 6) is -0.144. The molecule has 27 heavy (non-hydrogen) atoms. The molecule has 134 valence electrons. The summed E-state index contributed by atoms with van der Waals surface area (Å²) in [6, 6.07) is 16.9. The van der Waals surface area contributed by atoms with Crippen LogP contribution in [0.25, 0.3) is 11.4 Å². The monoisotopic (exact) mass is 358 g/mol. The zero-order chi connectivity index (χ0) is 18.6. The normalized spacial score (nSPS) is 11.9. The van der Waals surface area contributed by atoms with Gasteiger partial charge in [-0.15, -0.1) is 0 Å². The molecule has 0 spiro atoms. The molecule has 0 fully saturated rings. The molecule has 1 amide bonds. The minimum Gasteiger partial charge on any atom is -0.345 e. The number of nitrogens with one attached hydrogen (secondary N) is 1. The van der Waals surface area contributed by atoms with Gasteiger partial charge in [-0.1, -0.05) is 24.3 Å². The molecule has 1 unspecified atom stereocenters. The van der Waals surface area contributed by atoms with Crippen LogP contribution in [0.3, 0.4) is 0 Å². The number of aromatic nitrogens is 5. The molecule has 4 aromatic rings. The van der Waals surface area contributed by atoms with E-state index in [9.17, 15) is 4.79 Å². The minimum absolute atomic E-state index is 0.144. The molecule has 7 nitrogen and oxygen atoms in total. The first-order chi connectivity index (χ1) is 13.2. The highest BCUT2D eigenvalue weighted by Gasteiger charge is 2.16. The Labute approximate surface area is 156 Å². The smallest absolute Gasteiger partial charge is 0.253 e. The third kappa shape index (κ3) is 3.48. The number of para-hydroxylation sites is 1. The molecule has 0 aliphatic carbocycles. The number of carbonyl (C=O) groups excluding carboxylic acids is 1. The van der Waals surface area contributed by atoms with Crippen LogP contribution in [0.5, 0.6) is 0 Å². The molecule has 0 radical (unpaired) electrons. The fourth-order valence-corrected chi connectivity index (χ4v) is 2.89. The van der Waals surface area contributed by atoms with Crippen molar-refractivity contribution in [3.63, 3.8) is 0 Å². The number of carbonyl (C=O) groups is 1. The molecule has 2 aromatic carbocycles. The zero-order valence-corrected chi connectivity index (χ0v) is 14.7. The van der Waals surface area contributed by atoms with Crippen LogP contribution in [-0.4, -0.2) is 30.5 Å². The molecule has 1 N–H and O–H groups in total. The summed E-state index contributed by atoms with van der Waals surface area (Å²) in [5.41, 5.74) is 3.24. The maximum atomic E-state index is 12.8. The van der Waals surface area contributed by atoms with Gasteiger partial charge in [0.15, 0.2) is 0 Å². The summed E-state index contributed by atoms with van der Waals surface area (Å²) < 4.78 is 3.37. The molecule has 7 heteroatoms. The van der Waals surface area contributed by atoms with Crippen molar-refractivity contribution in [2.24, 2.45) is 0 Å². The molecule has 2 heterocycles. The first kappa shape index (κ1) is 16.7. The fourth-order valence-electron chi connectivity index (χ4n) is 2.89. The number of hydrogen-bond donors (Lipinski definition) is 1. The first-order valence-corrected chi connectivity index (χ1v) is 8.57. The summed E-state index contributed by atoms with van der Waals surface area (Å²) in [6.07, 6.45) is 6.65. The third-order valence-corrected chi connectivity index (χ3v) is 4.32. The molecule has 0 saturated carbocycles. The molecular weight excluding hydrogens is 340 g/mol. The lowest BCUT2D eigenvalue weighted by molar-refractivity contribution is 0.0939. The van der Waals surface area contributed by atoms with Crippen molar-refractivity contribution in [3.05, 3.63) is 90.8 Å². The van der Waals surface area contributed by atoms with E-state index in [0.717, 1.165) is 16.9 Å². The van der Waals surface area contributed by atoms with Crippen LogP contribution in [0, 0.1) is 0 Å². The van der Waals surface area contributed by atoms with Crippen molar-refractivity contribution in [3.8, 4) is 11.4 Å². The number of benzene rings is 2. The Kier molecular flexibility index (Phi) is 4.49. The average Bonchev–Trinajstić information content (AvgIpc) is 3.42. The summed E-state index contributed by atoms with van der Waals surface area (Å²) in [6.45, 7) is 1.96. The van der Waals surface area contributed by atoms with Crippen molar-refractivity contribution in [1.82, 2.24) is 29.9 Å². The number of hydrogen-bond acceptors (Lipinski definition) is 4. The first-order valence-electron chi connectivity index (χ1n) is 8.57. The molecule has 0 aliphatic rings. The summed E-state index contributed by atoms with van der Waals surface area (Å²) in [5, 5.41) is 11.4. The SMILES string of the molecule is CC(NC(=O)c1ccccc1-n1cccn1)c1ccc(-n2cncn2)cc1. The van der Waals surface area contributed by atoms with E-state index in [-0.39, 0.29) is 11.9 Å². The van der Waals surface area contributed by atoms with Gasteiger partial charge in [0, 0.05) is 12.4 Å². The van der Waals surface area contributed by atoms with Gasteiger partial charge >= 0.3 is 0 Å². The van der Waals surface area contributed by atoms with Gasteiger partial charge in [-0.25, -0.2) is 14.3 Å². The second kappa shape index (κ2) is 7.25. The van der Waals surface area contributed by atoms with Crippen molar-refractivity contribution < 1.29 is 4.79 Å². The van der Waals surface area contributed by atoms with E-state index in [4.69, 9.17) is 0 Å². The highest BCUT2D eigenvalue weighted by Crippen LogP contribution is 2.18. The zero-order valence-electron chi connectivity index (χ0n) is 14.7. The minimum atomic E-state index is -0.145. The lowest BCUT2D eigenvalue weighted by Crippen LogP contribution is -2.27. The molecular formula is C20H18N6O. The van der Waals surface area contributed by atoms with Gasteiger partial charge in [-0.3, -0.25) is 4.79 Å². The second-order valence-corrected chi connectivity index (χ2v) is 6.09. The third-order valence-electron chi connectivity index (χ3n) is 4.32. The summed E-state index contributed by atoms with van der Waals surface area (Å²) in [7, 11) is 0. The Morgan fingerprint density at radius 3 is 2.52 bits per heavy atom. The summed E-state index contributed by atoms with van der Waals surface area (Å²) in [4.78, 5) is 16.8. The van der Waals surface area contributed by atoms with Crippen molar-refractivity contribution in [2.45, 2.75) is 13.0 Å². The Morgan fingerprint density at radius 2 is 1.81 bits per heavy atom. The highest BCUT2D eigenvalue weighted by molar-refractivity contribution is 5.97. The molecule has 0 bridgehead atoms. The quantitative estimate of drug-likeness (QED) is 0.595.